The van der Waals surface area contributed by atoms with E-state index in [0.29, 0.717) is 11.0 Å². The predicted molar refractivity (Wildman–Crippen MR) is 65.0 cm³/mol. The molecule has 0 aliphatic heterocycles. The molecule has 6 nitrogen and oxygen atoms in total. The van der Waals surface area contributed by atoms with E-state index >= 15 is 0 Å². The van der Waals surface area contributed by atoms with E-state index in [4.69, 9.17) is 11.1 Å². The van der Waals surface area contributed by atoms with Crippen LogP contribution < -0.4 is 10.8 Å². The van der Waals surface area contributed by atoms with E-state index in [9.17, 15) is 4.79 Å². The summed E-state index contributed by atoms with van der Waals surface area (Å²) in [7, 11) is 0. The maximum Gasteiger partial charge on any atom is 0.321 e. The van der Waals surface area contributed by atoms with Crippen LogP contribution in [0.3, 0.4) is 0 Å². The fourth-order valence-corrected chi connectivity index (χ4v) is 3.14. The molecule has 0 radical (unpaired) electrons. The summed E-state index contributed by atoms with van der Waals surface area (Å²) in [6.07, 6.45) is 3.25. The standard InChI is InChI=1S/C10H14N4O2S/c1-6-3-2-4-7-8(6)13-10(17-7)14(9(11)12)16-5-15/h5-6H,2-4H2,1H3,(H3,11,12). The normalized spacial score (nSPS) is 18.3. The highest BCUT2D eigenvalue weighted by Crippen LogP contribution is 2.37. The first-order chi connectivity index (χ1) is 8.13. The van der Waals surface area contributed by atoms with Crippen molar-refractivity contribution in [3.63, 3.8) is 0 Å². The van der Waals surface area contributed by atoms with Crippen LogP contribution in [0.1, 0.15) is 36.3 Å². The lowest BCUT2D eigenvalue weighted by atomic mass is 9.93. The highest BCUT2D eigenvalue weighted by molar-refractivity contribution is 7.15. The number of carbonyl (C=O) groups is 1. The number of nitrogens with one attached hydrogen (secondary N) is 1. The minimum Gasteiger partial charge on any atom is -0.367 e. The Kier molecular flexibility index (Phi) is 3.28. The molecule has 3 N–H and O–H groups in total. The molecule has 1 heterocycles. The number of carbonyl (C=O) groups excluding carboxylic acids is 1. The quantitative estimate of drug-likeness (QED) is 0.368. The first-order valence-electron chi connectivity index (χ1n) is 5.37. The second kappa shape index (κ2) is 4.70. The maximum absolute atomic E-state index is 10.4. The van der Waals surface area contributed by atoms with Crippen LogP contribution in [-0.2, 0) is 16.1 Å². The van der Waals surface area contributed by atoms with Gasteiger partial charge in [-0.1, -0.05) is 18.3 Å². The Morgan fingerprint density at radius 1 is 1.76 bits per heavy atom. The Morgan fingerprint density at radius 3 is 3.12 bits per heavy atom. The number of hydrogen-bond donors (Lipinski definition) is 2. The molecule has 0 fully saturated rings. The van der Waals surface area contributed by atoms with Crippen molar-refractivity contribution < 1.29 is 9.63 Å². The molecule has 0 amide bonds. The van der Waals surface area contributed by atoms with Gasteiger partial charge in [0.1, 0.15) is 0 Å². The molecular formula is C10H14N4O2S. The van der Waals surface area contributed by atoms with Crippen LogP contribution in [0.4, 0.5) is 5.13 Å². The number of aromatic nitrogens is 1. The average Bonchev–Trinajstić information content (AvgIpc) is 2.70. The number of hydrogen-bond acceptors (Lipinski definition) is 5. The van der Waals surface area contributed by atoms with Crippen molar-refractivity contribution in [2.24, 2.45) is 5.73 Å². The van der Waals surface area contributed by atoms with Crippen molar-refractivity contribution >= 4 is 28.9 Å². The van der Waals surface area contributed by atoms with Gasteiger partial charge in [-0.3, -0.25) is 10.2 Å². The van der Waals surface area contributed by atoms with Gasteiger partial charge in [0.2, 0.25) is 11.1 Å². The highest BCUT2D eigenvalue weighted by Gasteiger charge is 2.25. The average molecular weight is 254 g/mol. The summed E-state index contributed by atoms with van der Waals surface area (Å²) in [6.45, 7) is 2.37. The molecule has 92 valence electrons. The smallest absolute Gasteiger partial charge is 0.321 e. The fraction of sp³-hybridized carbons (Fsp3) is 0.500. The van der Waals surface area contributed by atoms with E-state index < -0.39 is 0 Å². The van der Waals surface area contributed by atoms with Gasteiger partial charge in [-0.05, 0) is 25.2 Å². The van der Waals surface area contributed by atoms with E-state index in [1.807, 2.05) is 0 Å². The summed E-state index contributed by atoms with van der Waals surface area (Å²) in [5.74, 6) is 0.0599. The van der Waals surface area contributed by atoms with Crippen LogP contribution in [0.5, 0.6) is 0 Å². The van der Waals surface area contributed by atoms with Crippen LogP contribution in [0.15, 0.2) is 0 Å². The monoisotopic (exact) mass is 254 g/mol. The molecule has 7 heteroatoms. The van der Waals surface area contributed by atoms with Gasteiger partial charge in [-0.15, -0.1) is 5.06 Å². The summed E-state index contributed by atoms with van der Waals surface area (Å²) in [4.78, 5) is 20.6. The van der Waals surface area contributed by atoms with Crippen LogP contribution in [-0.4, -0.2) is 17.4 Å². The van der Waals surface area contributed by atoms with Crippen LogP contribution in [0.2, 0.25) is 0 Å². The molecule has 0 aromatic carbocycles. The third-order valence-corrected chi connectivity index (χ3v) is 3.86. The van der Waals surface area contributed by atoms with Gasteiger partial charge in [0.05, 0.1) is 5.69 Å². The van der Waals surface area contributed by atoms with Gasteiger partial charge in [-0.2, -0.15) is 0 Å². The molecule has 0 saturated heterocycles. The lowest BCUT2D eigenvalue weighted by Crippen LogP contribution is -2.36. The number of thiazole rings is 1. The molecular weight excluding hydrogens is 240 g/mol. The number of guanidine groups is 1. The number of rotatable bonds is 3. The van der Waals surface area contributed by atoms with Crippen LogP contribution in [0.25, 0.3) is 0 Å². The summed E-state index contributed by atoms with van der Waals surface area (Å²) < 4.78 is 0. The van der Waals surface area contributed by atoms with Gasteiger partial charge in [-0.25, -0.2) is 4.98 Å². The molecule has 17 heavy (non-hydrogen) atoms. The van der Waals surface area contributed by atoms with E-state index in [1.165, 1.54) is 16.2 Å². The molecule has 1 aromatic rings. The Labute approximate surface area is 103 Å². The molecule has 1 aliphatic rings. The molecule has 1 unspecified atom stereocenters. The van der Waals surface area contributed by atoms with Crippen LogP contribution in [0, 0.1) is 5.41 Å². The first kappa shape index (κ1) is 11.8. The van der Waals surface area contributed by atoms with Gasteiger partial charge in [0.25, 0.3) is 0 Å². The largest absolute Gasteiger partial charge is 0.367 e. The second-order valence-electron chi connectivity index (χ2n) is 3.98. The van der Waals surface area contributed by atoms with Crippen molar-refractivity contribution in [2.45, 2.75) is 32.1 Å². The van der Waals surface area contributed by atoms with Crippen molar-refractivity contribution in [1.29, 1.82) is 5.41 Å². The Morgan fingerprint density at radius 2 is 2.53 bits per heavy atom. The predicted octanol–water partition coefficient (Wildman–Crippen LogP) is 1.37. The summed E-state index contributed by atoms with van der Waals surface area (Å²) >= 11 is 1.43. The van der Waals surface area contributed by atoms with E-state index in [0.717, 1.165) is 30.0 Å². The number of nitrogens with zero attached hydrogens (tertiary/aromatic N) is 2. The minimum atomic E-state index is -0.351. The van der Waals surface area contributed by atoms with E-state index in [2.05, 4.69) is 16.7 Å². The fourth-order valence-electron chi connectivity index (χ4n) is 1.96. The van der Waals surface area contributed by atoms with E-state index in [1.54, 1.807) is 0 Å². The molecule has 0 saturated carbocycles. The number of anilines is 1. The molecule has 0 bridgehead atoms. The van der Waals surface area contributed by atoms with Crippen molar-refractivity contribution in [1.82, 2.24) is 4.98 Å². The van der Waals surface area contributed by atoms with Crippen molar-refractivity contribution in [2.75, 3.05) is 5.06 Å². The molecule has 2 rings (SSSR count). The first-order valence-corrected chi connectivity index (χ1v) is 6.19. The lowest BCUT2D eigenvalue weighted by molar-refractivity contribution is -0.128. The zero-order chi connectivity index (χ0) is 12.4. The number of fused-ring (bicyclic) bond motifs is 1. The SMILES string of the molecule is CC1CCCc2sc(N(OC=O)C(=N)N)nc21. The van der Waals surface area contributed by atoms with Crippen LogP contribution >= 0.6 is 11.3 Å². The Hall–Kier alpha value is -1.63. The summed E-state index contributed by atoms with van der Waals surface area (Å²) in [5.41, 5.74) is 6.38. The van der Waals surface area contributed by atoms with Gasteiger partial charge in [0.15, 0.2) is 0 Å². The summed E-state index contributed by atoms with van der Waals surface area (Å²) in [5, 5.41) is 8.73. The lowest BCUT2D eigenvalue weighted by Gasteiger charge is -2.16. The van der Waals surface area contributed by atoms with Gasteiger partial charge < -0.3 is 10.6 Å². The Balaban J connectivity index is 2.32. The second-order valence-corrected chi connectivity index (χ2v) is 5.04. The molecule has 1 atom stereocenters. The minimum absolute atomic E-state index is 0.241. The number of hydroxylamine groups is 1. The highest BCUT2D eigenvalue weighted by atomic mass is 32.1. The molecule has 1 aliphatic carbocycles. The molecule has 1 aromatic heterocycles. The number of nitrogens with two attached hydrogens (primary N) is 1. The zero-order valence-electron chi connectivity index (χ0n) is 9.47. The van der Waals surface area contributed by atoms with E-state index in [-0.39, 0.29) is 12.4 Å². The van der Waals surface area contributed by atoms with Crippen molar-refractivity contribution in [3.8, 4) is 0 Å². The summed E-state index contributed by atoms with van der Waals surface area (Å²) in [6, 6.07) is 0. The van der Waals surface area contributed by atoms with Gasteiger partial charge in [0, 0.05) is 4.88 Å². The third-order valence-electron chi connectivity index (χ3n) is 2.77. The number of aryl methyl sites for hydroxylation is 1. The maximum atomic E-state index is 10.4. The topological polar surface area (TPSA) is 92.3 Å². The van der Waals surface area contributed by atoms with Crippen molar-refractivity contribution in [3.05, 3.63) is 10.6 Å². The zero-order valence-corrected chi connectivity index (χ0v) is 10.3. The third kappa shape index (κ3) is 2.23. The molecule has 0 spiro atoms. The Bertz CT molecular complexity index is 446. The van der Waals surface area contributed by atoms with Gasteiger partial charge >= 0.3 is 6.47 Å².